The molecule has 1 fully saturated rings. The molecule has 1 aromatic heterocycles. The van der Waals surface area contributed by atoms with Gasteiger partial charge in [-0.25, -0.2) is 13.8 Å². The van der Waals surface area contributed by atoms with Crippen LogP contribution in [0, 0.1) is 11.6 Å². The third-order valence-electron chi connectivity index (χ3n) is 4.21. The molecular formula is C19H19F2N3O3. The fourth-order valence-electron chi connectivity index (χ4n) is 2.77. The molecule has 3 rings (SSSR count). The maximum atomic E-state index is 13.8. The van der Waals surface area contributed by atoms with Crippen LogP contribution >= 0.6 is 0 Å². The van der Waals surface area contributed by atoms with Gasteiger partial charge in [0, 0.05) is 50.3 Å². The molecule has 0 spiro atoms. The van der Waals surface area contributed by atoms with Crippen molar-refractivity contribution < 1.29 is 23.1 Å². The maximum Gasteiger partial charge on any atom is 0.224 e. The number of nitrogens with one attached hydrogen (secondary N) is 1. The second kappa shape index (κ2) is 8.57. The standard InChI is InChI=1S/C19H19F2N3O3/c20-14-5-6-16(15(21)11-14)27-19-13(3-1-8-22-19)12-23-17(25)7-10-24-9-2-4-18(24)26/h1,3,5-6,8,11H,2,4,7,9-10,12H2,(H,23,25). The van der Waals surface area contributed by atoms with Gasteiger partial charge in [-0.15, -0.1) is 0 Å². The Hall–Kier alpha value is -3.03. The summed E-state index contributed by atoms with van der Waals surface area (Å²) in [5.41, 5.74) is 0.548. The molecule has 2 amide bonds. The molecule has 2 aromatic rings. The first-order valence-corrected chi connectivity index (χ1v) is 8.64. The number of carbonyl (C=O) groups excluding carboxylic acids is 2. The fraction of sp³-hybridized carbons (Fsp3) is 0.316. The minimum Gasteiger partial charge on any atom is -0.436 e. The van der Waals surface area contributed by atoms with Crippen molar-refractivity contribution in [1.29, 1.82) is 0 Å². The Morgan fingerprint density at radius 2 is 2.15 bits per heavy atom. The van der Waals surface area contributed by atoms with Crippen LogP contribution in [0.1, 0.15) is 24.8 Å². The highest BCUT2D eigenvalue weighted by Gasteiger charge is 2.20. The van der Waals surface area contributed by atoms with Crippen molar-refractivity contribution in [3.63, 3.8) is 0 Å². The molecule has 0 bridgehead atoms. The van der Waals surface area contributed by atoms with Crippen LogP contribution in [-0.4, -0.2) is 34.8 Å². The molecule has 0 atom stereocenters. The predicted octanol–water partition coefficient (Wildman–Crippen LogP) is 2.78. The first-order valence-electron chi connectivity index (χ1n) is 8.64. The molecule has 1 aliphatic heterocycles. The first-order chi connectivity index (χ1) is 13.0. The van der Waals surface area contributed by atoms with Crippen molar-refractivity contribution in [1.82, 2.24) is 15.2 Å². The summed E-state index contributed by atoms with van der Waals surface area (Å²) in [5.74, 6) is -1.71. The average molecular weight is 375 g/mol. The van der Waals surface area contributed by atoms with Gasteiger partial charge in [0.2, 0.25) is 17.7 Å². The number of aromatic nitrogens is 1. The van der Waals surface area contributed by atoms with Crippen LogP contribution in [0.4, 0.5) is 8.78 Å². The third kappa shape index (κ3) is 4.99. The number of nitrogens with zero attached hydrogens (tertiary/aromatic N) is 2. The Balaban J connectivity index is 1.57. The summed E-state index contributed by atoms with van der Waals surface area (Å²) in [5, 5.41) is 2.74. The number of rotatable bonds is 7. The van der Waals surface area contributed by atoms with Crippen molar-refractivity contribution in [3.05, 3.63) is 53.7 Å². The number of amides is 2. The van der Waals surface area contributed by atoms with E-state index in [0.29, 0.717) is 25.1 Å². The van der Waals surface area contributed by atoms with Gasteiger partial charge in [-0.05, 0) is 24.6 Å². The van der Waals surface area contributed by atoms with Crippen LogP contribution in [0.2, 0.25) is 0 Å². The molecule has 2 heterocycles. The zero-order valence-electron chi connectivity index (χ0n) is 14.6. The Morgan fingerprint density at radius 1 is 1.30 bits per heavy atom. The summed E-state index contributed by atoms with van der Waals surface area (Å²) in [7, 11) is 0. The van der Waals surface area contributed by atoms with Gasteiger partial charge in [0.25, 0.3) is 0 Å². The molecule has 1 aromatic carbocycles. The van der Waals surface area contributed by atoms with E-state index in [1.54, 1.807) is 17.0 Å². The van der Waals surface area contributed by atoms with E-state index >= 15 is 0 Å². The molecule has 0 aliphatic carbocycles. The van der Waals surface area contributed by atoms with Crippen molar-refractivity contribution in [2.24, 2.45) is 0 Å². The van der Waals surface area contributed by atoms with Gasteiger partial charge < -0.3 is 15.0 Å². The summed E-state index contributed by atoms with van der Waals surface area (Å²) in [4.78, 5) is 29.3. The number of carbonyl (C=O) groups is 2. The average Bonchev–Trinajstić information content (AvgIpc) is 3.06. The lowest BCUT2D eigenvalue weighted by atomic mass is 10.2. The van der Waals surface area contributed by atoms with Crippen LogP contribution in [0.25, 0.3) is 0 Å². The van der Waals surface area contributed by atoms with E-state index in [0.717, 1.165) is 18.6 Å². The number of ether oxygens (including phenoxy) is 1. The highest BCUT2D eigenvalue weighted by molar-refractivity contribution is 5.80. The highest BCUT2D eigenvalue weighted by Crippen LogP contribution is 2.26. The highest BCUT2D eigenvalue weighted by atomic mass is 19.1. The largest absolute Gasteiger partial charge is 0.436 e. The summed E-state index contributed by atoms with van der Waals surface area (Å²) in [6.45, 7) is 1.22. The van der Waals surface area contributed by atoms with Gasteiger partial charge in [-0.1, -0.05) is 6.07 Å². The SMILES string of the molecule is O=C(CCN1CCCC1=O)NCc1cccnc1Oc1ccc(F)cc1F. The van der Waals surface area contributed by atoms with Gasteiger partial charge in [0.1, 0.15) is 5.82 Å². The number of likely N-dealkylation sites (tertiary alicyclic amines) is 1. The molecular weight excluding hydrogens is 356 g/mol. The van der Waals surface area contributed by atoms with E-state index in [4.69, 9.17) is 4.74 Å². The number of benzene rings is 1. The van der Waals surface area contributed by atoms with Crippen molar-refractivity contribution in [2.45, 2.75) is 25.8 Å². The Kier molecular flexibility index (Phi) is 5.95. The number of hydrogen-bond donors (Lipinski definition) is 1. The van der Waals surface area contributed by atoms with Crippen molar-refractivity contribution in [3.8, 4) is 11.6 Å². The summed E-state index contributed by atoms with van der Waals surface area (Å²) >= 11 is 0. The summed E-state index contributed by atoms with van der Waals surface area (Å²) in [6.07, 6.45) is 3.05. The summed E-state index contributed by atoms with van der Waals surface area (Å²) < 4.78 is 32.2. The molecule has 1 aliphatic rings. The van der Waals surface area contributed by atoms with Crippen LogP contribution < -0.4 is 10.1 Å². The van der Waals surface area contributed by atoms with E-state index in [9.17, 15) is 18.4 Å². The fourth-order valence-corrected chi connectivity index (χ4v) is 2.77. The van der Waals surface area contributed by atoms with Crippen LogP contribution in [0.3, 0.4) is 0 Å². The molecule has 1 N–H and O–H groups in total. The lowest BCUT2D eigenvalue weighted by Crippen LogP contribution is -2.31. The zero-order chi connectivity index (χ0) is 19.2. The monoisotopic (exact) mass is 375 g/mol. The van der Waals surface area contributed by atoms with E-state index in [1.165, 1.54) is 12.3 Å². The number of hydrogen-bond acceptors (Lipinski definition) is 4. The molecule has 142 valence electrons. The Labute approximate surface area is 155 Å². The van der Waals surface area contributed by atoms with Crippen molar-refractivity contribution >= 4 is 11.8 Å². The molecule has 0 saturated carbocycles. The molecule has 27 heavy (non-hydrogen) atoms. The van der Waals surface area contributed by atoms with Gasteiger partial charge in [-0.2, -0.15) is 0 Å². The second-order valence-electron chi connectivity index (χ2n) is 6.16. The van der Waals surface area contributed by atoms with E-state index in [2.05, 4.69) is 10.3 Å². The summed E-state index contributed by atoms with van der Waals surface area (Å²) in [6, 6.07) is 6.34. The normalized spacial score (nSPS) is 13.7. The smallest absolute Gasteiger partial charge is 0.224 e. The molecule has 0 unspecified atom stereocenters. The van der Waals surface area contributed by atoms with Crippen molar-refractivity contribution in [2.75, 3.05) is 13.1 Å². The minimum absolute atomic E-state index is 0.0760. The van der Waals surface area contributed by atoms with E-state index in [-0.39, 0.29) is 36.4 Å². The van der Waals surface area contributed by atoms with Crippen LogP contribution in [0.15, 0.2) is 36.5 Å². The molecule has 6 nitrogen and oxygen atoms in total. The van der Waals surface area contributed by atoms with Crippen LogP contribution in [0.5, 0.6) is 11.6 Å². The minimum atomic E-state index is -0.842. The maximum absolute atomic E-state index is 13.8. The number of halogens is 2. The zero-order valence-corrected chi connectivity index (χ0v) is 14.6. The van der Waals surface area contributed by atoms with Gasteiger partial charge in [0.05, 0.1) is 0 Å². The van der Waals surface area contributed by atoms with Gasteiger partial charge >= 0.3 is 0 Å². The molecule has 1 saturated heterocycles. The first kappa shape index (κ1) is 18.8. The Bertz CT molecular complexity index is 845. The number of pyridine rings is 1. The molecule has 0 radical (unpaired) electrons. The van der Waals surface area contributed by atoms with Gasteiger partial charge in [-0.3, -0.25) is 9.59 Å². The lowest BCUT2D eigenvalue weighted by Gasteiger charge is -2.15. The van der Waals surface area contributed by atoms with Crippen LogP contribution in [-0.2, 0) is 16.1 Å². The molecule has 8 heteroatoms. The van der Waals surface area contributed by atoms with E-state index in [1.807, 2.05) is 0 Å². The Morgan fingerprint density at radius 3 is 2.89 bits per heavy atom. The topological polar surface area (TPSA) is 71.5 Å². The van der Waals surface area contributed by atoms with E-state index < -0.39 is 11.6 Å². The lowest BCUT2D eigenvalue weighted by molar-refractivity contribution is -0.128. The quantitative estimate of drug-likeness (QED) is 0.808. The second-order valence-corrected chi connectivity index (χ2v) is 6.16. The van der Waals surface area contributed by atoms with Gasteiger partial charge in [0.15, 0.2) is 11.6 Å². The third-order valence-corrected chi connectivity index (χ3v) is 4.21. The predicted molar refractivity (Wildman–Crippen MR) is 92.9 cm³/mol.